The normalized spacial score (nSPS) is 16.9. The Kier molecular flexibility index (Phi) is 4.20. The molecule has 0 radical (unpaired) electrons. The zero-order chi connectivity index (χ0) is 12.2. The van der Waals surface area contributed by atoms with Gasteiger partial charge in [-0.05, 0) is 18.9 Å². The first-order valence-corrected chi connectivity index (χ1v) is 5.03. The lowest BCUT2D eigenvalue weighted by Crippen LogP contribution is -2.46. The van der Waals surface area contributed by atoms with Gasteiger partial charge in [-0.3, -0.25) is 4.79 Å². The van der Waals surface area contributed by atoms with E-state index in [1.54, 1.807) is 0 Å². The fourth-order valence-electron chi connectivity index (χ4n) is 1.83. The molecule has 1 aliphatic rings. The number of hydrogen-bond acceptors (Lipinski definition) is 5. The molecule has 0 heterocycles. The van der Waals surface area contributed by atoms with Gasteiger partial charge in [0.15, 0.2) is 5.78 Å². The molecule has 0 atom stereocenters. The number of hydrogen-bond donors (Lipinski definition) is 0. The lowest BCUT2D eigenvalue weighted by molar-refractivity contribution is -0.213. The minimum Gasteiger partial charge on any atom is -0.465 e. The Morgan fingerprint density at radius 1 is 1.25 bits per heavy atom. The summed E-state index contributed by atoms with van der Waals surface area (Å²) in [6.07, 6.45) is 3.18. The maximum absolute atomic E-state index is 11.7. The number of carbonyl (C=O) groups is 2. The third-order valence-corrected chi connectivity index (χ3v) is 2.66. The largest absolute Gasteiger partial charge is 0.465 e. The van der Waals surface area contributed by atoms with Crippen molar-refractivity contribution in [2.24, 2.45) is 0 Å². The van der Waals surface area contributed by atoms with Gasteiger partial charge in [0.2, 0.25) is 0 Å². The number of esters is 1. The van der Waals surface area contributed by atoms with E-state index in [4.69, 9.17) is 9.47 Å². The summed E-state index contributed by atoms with van der Waals surface area (Å²) in [7, 11) is 3.95. The average molecular weight is 228 g/mol. The Morgan fingerprint density at radius 2 is 1.88 bits per heavy atom. The molecule has 0 amide bonds. The van der Waals surface area contributed by atoms with Gasteiger partial charge in [0.1, 0.15) is 0 Å². The average Bonchev–Trinajstić information content (AvgIpc) is 2.31. The molecule has 0 N–H and O–H groups in total. The summed E-state index contributed by atoms with van der Waals surface area (Å²) in [6, 6.07) is 0. The van der Waals surface area contributed by atoms with Gasteiger partial charge in [-0.25, -0.2) is 4.79 Å². The third-order valence-electron chi connectivity index (χ3n) is 2.66. The third kappa shape index (κ3) is 2.15. The van der Waals surface area contributed by atoms with Crippen molar-refractivity contribution in [2.75, 3.05) is 21.3 Å². The standard InChI is InChI=1S/C11H16O5/c1-14-10(13)11(15-2,16-3)8-5-4-6-9(12)7-8/h7H,4-6H2,1-3H3. The Hall–Kier alpha value is -1.20. The van der Waals surface area contributed by atoms with E-state index in [2.05, 4.69) is 4.74 Å². The predicted octanol–water partition coefficient (Wildman–Crippen LogP) is 0.828. The van der Waals surface area contributed by atoms with E-state index in [1.807, 2.05) is 0 Å². The molecule has 0 fully saturated rings. The van der Waals surface area contributed by atoms with Crippen LogP contribution in [0.4, 0.5) is 0 Å². The summed E-state index contributed by atoms with van der Waals surface area (Å²) in [4.78, 5) is 23.0. The van der Waals surface area contributed by atoms with Crippen molar-refractivity contribution in [1.29, 1.82) is 0 Å². The number of carbonyl (C=O) groups excluding carboxylic acids is 2. The van der Waals surface area contributed by atoms with Crippen LogP contribution in [0.3, 0.4) is 0 Å². The maximum Gasteiger partial charge on any atom is 0.371 e. The van der Waals surface area contributed by atoms with Gasteiger partial charge >= 0.3 is 5.97 Å². The highest BCUT2D eigenvalue weighted by molar-refractivity contribution is 5.93. The van der Waals surface area contributed by atoms with Gasteiger partial charge in [0.25, 0.3) is 5.79 Å². The molecule has 0 unspecified atom stereocenters. The zero-order valence-corrected chi connectivity index (χ0v) is 9.74. The minimum absolute atomic E-state index is 0.0244. The van der Waals surface area contributed by atoms with Crippen LogP contribution in [0.15, 0.2) is 11.6 Å². The summed E-state index contributed by atoms with van der Waals surface area (Å²) in [6.45, 7) is 0. The van der Waals surface area contributed by atoms with E-state index in [1.165, 1.54) is 27.4 Å². The van der Waals surface area contributed by atoms with Gasteiger partial charge in [-0.1, -0.05) is 0 Å². The van der Waals surface area contributed by atoms with Crippen LogP contribution in [0.25, 0.3) is 0 Å². The quantitative estimate of drug-likeness (QED) is 0.526. The molecule has 16 heavy (non-hydrogen) atoms. The van der Waals surface area contributed by atoms with Crippen LogP contribution in [0, 0.1) is 0 Å². The molecule has 5 heteroatoms. The molecule has 0 saturated heterocycles. The molecule has 0 aromatic heterocycles. The van der Waals surface area contributed by atoms with Crippen LogP contribution in [0.1, 0.15) is 19.3 Å². The van der Waals surface area contributed by atoms with Crippen LogP contribution in [-0.4, -0.2) is 38.9 Å². The molecule has 1 aliphatic carbocycles. The number of ether oxygens (including phenoxy) is 3. The van der Waals surface area contributed by atoms with Crippen LogP contribution < -0.4 is 0 Å². The topological polar surface area (TPSA) is 61.8 Å². The number of allylic oxidation sites excluding steroid dienone is 1. The van der Waals surface area contributed by atoms with Gasteiger partial charge in [0, 0.05) is 26.2 Å². The van der Waals surface area contributed by atoms with E-state index in [0.717, 1.165) is 0 Å². The Bertz CT molecular complexity index is 314. The monoisotopic (exact) mass is 228 g/mol. The van der Waals surface area contributed by atoms with Crippen LogP contribution in [0.2, 0.25) is 0 Å². The molecule has 0 bridgehead atoms. The second kappa shape index (κ2) is 5.23. The molecule has 0 saturated carbocycles. The molecular weight excluding hydrogens is 212 g/mol. The molecular formula is C11H16O5. The van der Waals surface area contributed by atoms with E-state index in [9.17, 15) is 9.59 Å². The van der Waals surface area contributed by atoms with Crippen molar-refractivity contribution in [3.05, 3.63) is 11.6 Å². The van der Waals surface area contributed by atoms with Crippen molar-refractivity contribution in [3.8, 4) is 0 Å². The van der Waals surface area contributed by atoms with Crippen molar-refractivity contribution in [2.45, 2.75) is 25.0 Å². The van der Waals surface area contributed by atoms with E-state index in [0.29, 0.717) is 24.8 Å². The Labute approximate surface area is 94.4 Å². The van der Waals surface area contributed by atoms with Gasteiger partial charge < -0.3 is 14.2 Å². The van der Waals surface area contributed by atoms with Crippen molar-refractivity contribution in [1.82, 2.24) is 0 Å². The molecule has 90 valence electrons. The second-order valence-electron chi connectivity index (χ2n) is 3.51. The van der Waals surface area contributed by atoms with Crippen LogP contribution in [0.5, 0.6) is 0 Å². The summed E-state index contributed by atoms with van der Waals surface area (Å²) >= 11 is 0. The summed E-state index contributed by atoms with van der Waals surface area (Å²) in [5, 5.41) is 0. The highest BCUT2D eigenvalue weighted by atomic mass is 16.7. The zero-order valence-electron chi connectivity index (χ0n) is 9.74. The summed E-state index contributed by atoms with van der Waals surface area (Å²) in [5.74, 6) is -2.26. The molecule has 0 aromatic rings. The Morgan fingerprint density at radius 3 is 2.31 bits per heavy atom. The van der Waals surface area contributed by atoms with E-state index < -0.39 is 11.8 Å². The predicted molar refractivity (Wildman–Crippen MR) is 55.7 cm³/mol. The number of ketones is 1. The molecule has 5 nitrogen and oxygen atoms in total. The summed E-state index contributed by atoms with van der Waals surface area (Å²) in [5.41, 5.74) is 0.514. The molecule has 1 rings (SSSR count). The van der Waals surface area contributed by atoms with Gasteiger partial charge in [0.05, 0.1) is 7.11 Å². The fourth-order valence-corrected chi connectivity index (χ4v) is 1.83. The minimum atomic E-state index is -1.58. The number of methoxy groups -OCH3 is 3. The lowest BCUT2D eigenvalue weighted by Gasteiger charge is -2.31. The first-order chi connectivity index (χ1) is 7.60. The van der Waals surface area contributed by atoms with E-state index >= 15 is 0 Å². The van der Waals surface area contributed by atoms with E-state index in [-0.39, 0.29) is 5.78 Å². The van der Waals surface area contributed by atoms with Crippen molar-refractivity contribution < 1.29 is 23.8 Å². The van der Waals surface area contributed by atoms with Crippen LogP contribution in [-0.2, 0) is 23.8 Å². The second-order valence-corrected chi connectivity index (χ2v) is 3.51. The lowest BCUT2D eigenvalue weighted by atomic mass is 9.92. The first kappa shape index (κ1) is 12.9. The number of rotatable bonds is 4. The molecule has 0 aliphatic heterocycles. The van der Waals surface area contributed by atoms with Gasteiger partial charge in [-0.2, -0.15) is 0 Å². The van der Waals surface area contributed by atoms with Crippen LogP contribution >= 0.6 is 0 Å². The molecule has 0 aromatic carbocycles. The highest BCUT2D eigenvalue weighted by Gasteiger charge is 2.45. The Balaban J connectivity index is 3.10. The smallest absolute Gasteiger partial charge is 0.371 e. The maximum atomic E-state index is 11.7. The molecule has 0 spiro atoms. The van der Waals surface area contributed by atoms with Crippen molar-refractivity contribution in [3.63, 3.8) is 0 Å². The van der Waals surface area contributed by atoms with Crippen molar-refractivity contribution >= 4 is 11.8 Å². The highest BCUT2D eigenvalue weighted by Crippen LogP contribution is 2.30. The summed E-state index contributed by atoms with van der Waals surface area (Å²) < 4.78 is 14.9. The first-order valence-electron chi connectivity index (χ1n) is 5.03. The van der Waals surface area contributed by atoms with Gasteiger partial charge in [-0.15, -0.1) is 0 Å². The fraction of sp³-hybridized carbons (Fsp3) is 0.636. The SMILES string of the molecule is COC(=O)C(OC)(OC)C1=CC(=O)CCC1.